The van der Waals surface area contributed by atoms with Gasteiger partial charge in [0.25, 0.3) is 0 Å². The molecule has 0 aromatic heterocycles. The number of methoxy groups -OCH3 is 1. The van der Waals surface area contributed by atoms with Crippen LogP contribution in [0.5, 0.6) is 5.75 Å². The van der Waals surface area contributed by atoms with Crippen molar-refractivity contribution >= 4 is 17.7 Å². The monoisotopic (exact) mass is 360 g/mol. The summed E-state index contributed by atoms with van der Waals surface area (Å²) in [5.41, 5.74) is 1.25. The Morgan fingerprint density at radius 2 is 1.73 bits per heavy atom. The molecule has 6 nitrogen and oxygen atoms in total. The number of hydrogen-bond donors (Lipinski definition) is 2. The Morgan fingerprint density at radius 1 is 1.08 bits per heavy atom. The summed E-state index contributed by atoms with van der Waals surface area (Å²) in [6.07, 6.45) is 0.184. The van der Waals surface area contributed by atoms with Crippen molar-refractivity contribution in [1.82, 2.24) is 5.32 Å². The number of ether oxygens (including phenoxy) is 2. The minimum atomic E-state index is -0.895. The molecule has 0 saturated carbocycles. The lowest BCUT2D eigenvalue weighted by Crippen LogP contribution is -2.45. The Kier molecular flexibility index (Phi) is 6.96. The van der Waals surface area contributed by atoms with Crippen LogP contribution in [0.15, 0.2) is 48.5 Å². The van der Waals surface area contributed by atoms with E-state index < -0.39 is 18.0 Å². The third-order valence-electron chi connectivity index (χ3n) is 3.57. The van der Waals surface area contributed by atoms with Crippen LogP contribution in [0.25, 0.3) is 0 Å². The van der Waals surface area contributed by atoms with E-state index in [0.29, 0.717) is 23.6 Å². The zero-order valence-corrected chi connectivity index (χ0v) is 14.6. The molecule has 0 aliphatic carbocycles. The van der Waals surface area contributed by atoms with E-state index in [1.165, 1.54) is 19.2 Å². The minimum Gasteiger partial charge on any atom is -0.494 e. The second-order valence-corrected chi connectivity index (χ2v) is 5.46. The number of benzene rings is 2. The van der Waals surface area contributed by atoms with E-state index >= 15 is 0 Å². The van der Waals surface area contributed by atoms with E-state index in [4.69, 9.17) is 9.47 Å². The van der Waals surface area contributed by atoms with Gasteiger partial charge in [-0.2, -0.15) is 0 Å². The number of urea groups is 1. The van der Waals surface area contributed by atoms with Gasteiger partial charge >= 0.3 is 12.0 Å². The third kappa shape index (κ3) is 5.77. The Bertz CT molecular complexity index is 732. The molecule has 2 aromatic carbocycles. The highest BCUT2D eigenvalue weighted by atomic mass is 19.1. The summed E-state index contributed by atoms with van der Waals surface area (Å²) >= 11 is 0. The minimum absolute atomic E-state index is 0.184. The molecule has 0 radical (unpaired) electrons. The van der Waals surface area contributed by atoms with E-state index in [1.807, 2.05) is 6.92 Å². The quantitative estimate of drug-likeness (QED) is 0.744. The van der Waals surface area contributed by atoms with Gasteiger partial charge in [0.15, 0.2) is 0 Å². The van der Waals surface area contributed by atoms with Crippen molar-refractivity contribution in [2.75, 3.05) is 19.0 Å². The summed E-state index contributed by atoms with van der Waals surface area (Å²) in [7, 11) is 1.24. The smallest absolute Gasteiger partial charge is 0.328 e. The normalized spacial score (nSPS) is 11.3. The van der Waals surface area contributed by atoms with E-state index in [-0.39, 0.29) is 12.2 Å². The molecule has 2 N–H and O–H groups in total. The van der Waals surface area contributed by atoms with E-state index in [9.17, 15) is 14.0 Å². The maximum Gasteiger partial charge on any atom is 0.328 e. The zero-order chi connectivity index (χ0) is 18.9. The van der Waals surface area contributed by atoms with Crippen molar-refractivity contribution in [3.63, 3.8) is 0 Å². The van der Waals surface area contributed by atoms with Crippen LogP contribution in [-0.4, -0.2) is 31.8 Å². The molecule has 2 aromatic rings. The summed E-state index contributed by atoms with van der Waals surface area (Å²) in [6.45, 7) is 2.44. The lowest BCUT2D eigenvalue weighted by atomic mass is 10.1. The zero-order valence-electron chi connectivity index (χ0n) is 14.6. The SMILES string of the molecule is CCOc1ccc(NC(=O)NC(Cc2ccc(F)cc2)C(=O)OC)cc1. The van der Waals surface area contributed by atoms with Crippen molar-refractivity contribution in [1.29, 1.82) is 0 Å². The lowest BCUT2D eigenvalue weighted by Gasteiger charge is -2.17. The molecule has 7 heteroatoms. The second kappa shape index (κ2) is 9.41. The van der Waals surface area contributed by atoms with Crippen LogP contribution in [0, 0.1) is 5.82 Å². The molecule has 1 atom stereocenters. The van der Waals surface area contributed by atoms with Crippen molar-refractivity contribution in [3.05, 3.63) is 59.9 Å². The number of anilines is 1. The van der Waals surface area contributed by atoms with Crippen LogP contribution in [0.3, 0.4) is 0 Å². The molecular formula is C19H21FN2O4. The fourth-order valence-corrected chi connectivity index (χ4v) is 2.32. The first-order chi connectivity index (χ1) is 12.5. The topological polar surface area (TPSA) is 76.7 Å². The van der Waals surface area contributed by atoms with Crippen molar-refractivity contribution in [2.45, 2.75) is 19.4 Å². The molecule has 0 bridgehead atoms. The first-order valence-electron chi connectivity index (χ1n) is 8.14. The predicted octanol–water partition coefficient (Wildman–Crippen LogP) is 3.13. The van der Waals surface area contributed by atoms with Gasteiger partial charge in [-0.3, -0.25) is 0 Å². The lowest BCUT2D eigenvalue weighted by molar-refractivity contribution is -0.142. The second-order valence-electron chi connectivity index (χ2n) is 5.46. The van der Waals surface area contributed by atoms with E-state index in [0.717, 1.165) is 0 Å². The van der Waals surface area contributed by atoms with Gasteiger partial charge in [-0.15, -0.1) is 0 Å². The van der Waals surface area contributed by atoms with Gasteiger partial charge < -0.3 is 20.1 Å². The van der Waals surface area contributed by atoms with Crippen LogP contribution < -0.4 is 15.4 Å². The summed E-state index contributed by atoms with van der Waals surface area (Å²) in [5.74, 6) is -0.261. The van der Waals surface area contributed by atoms with Crippen molar-refractivity contribution in [3.8, 4) is 5.75 Å². The highest BCUT2D eigenvalue weighted by molar-refractivity contribution is 5.92. The number of esters is 1. The maximum absolute atomic E-state index is 13.0. The Labute approximate surface area is 151 Å². The standard InChI is InChI=1S/C19H21FN2O4/c1-3-26-16-10-8-15(9-11-16)21-19(24)22-17(18(23)25-2)12-13-4-6-14(20)7-5-13/h4-11,17H,3,12H2,1-2H3,(H2,21,22,24). The highest BCUT2D eigenvalue weighted by Gasteiger charge is 2.22. The number of amides is 2. The summed E-state index contributed by atoms with van der Waals surface area (Å²) in [5, 5.41) is 5.21. The molecule has 0 aliphatic heterocycles. The van der Waals surface area contributed by atoms with Gasteiger partial charge in [0.2, 0.25) is 0 Å². The molecule has 2 rings (SSSR count). The average molecular weight is 360 g/mol. The fraction of sp³-hybridized carbons (Fsp3) is 0.263. The Hall–Kier alpha value is -3.09. The van der Waals surface area contributed by atoms with Crippen LogP contribution in [-0.2, 0) is 16.0 Å². The van der Waals surface area contributed by atoms with Gasteiger partial charge in [0.05, 0.1) is 13.7 Å². The van der Waals surface area contributed by atoms with Crippen LogP contribution in [0.4, 0.5) is 14.9 Å². The summed E-state index contributed by atoms with van der Waals surface area (Å²) < 4.78 is 23.1. The molecule has 0 fully saturated rings. The molecular weight excluding hydrogens is 339 g/mol. The van der Waals surface area contributed by atoms with Gasteiger partial charge in [-0.05, 0) is 48.9 Å². The molecule has 138 valence electrons. The first kappa shape index (κ1) is 19.2. The third-order valence-corrected chi connectivity index (χ3v) is 3.57. The van der Waals surface area contributed by atoms with Crippen molar-refractivity contribution < 1.29 is 23.5 Å². The Balaban J connectivity index is 1.99. The maximum atomic E-state index is 13.0. The van der Waals surface area contributed by atoms with Gasteiger partial charge in [-0.1, -0.05) is 12.1 Å². The Morgan fingerprint density at radius 3 is 2.31 bits per heavy atom. The number of halogens is 1. The summed E-state index contributed by atoms with van der Waals surface area (Å²) in [4.78, 5) is 24.1. The number of nitrogens with one attached hydrogen (secondary N) is 2. The molecule has 2 amide bonds. The average Bonchev–Trinajstić information content (AvgIpc) is 2.64. The number of rotatable bonds is 7. The molecule has 26 heavy (non-hydrogen) atoms. The highest BCUT2D eigenvalue weighted by Crippen LogP contribution is 2.15. The van der Waals surface area contributed by atoms with Crippen LogP contribution >= 0.6 is 0 Å². The molecule has 0 saturated heterocycles. The first-order valence-corrected chi connectivity index (χ1v) is 8.14. The summed E-state index contributed by atoms with van der Waals surface area (Å²) in [6, 6.07) is 11.1. The van der Waals surface area contributed by atoms with Gasteiger partial charge in [-0.25, -0.2) is 14.0 Å². The molecule has 0 aliphatic rings. The predicted molar refractivity (Wildman–Crippen MR) is 95.7 cm³/mol. The van der Waals surface area contributed by atoms with Crippen LogP contribution in [0.2, 0.25) is 0 Å². The fourth-order valence-electron chi connectivity index (χ4n) is 2.32. The molecule has 0 heterocycles. The van der Waals surface area contributed by atoms with E-state index in [2.05, 4.69) is 10.6 Å². The molecule has 1 unspecified atom stereocenters. The van der Waals surface area contributed by atoms with Crippen molar-refractivity contribution in [2.24, 2.45) is 0 Å². The number of carbonyl (C=O) groups is 2. The molecule has 0 spiro atoms. The van der Waals surface area contributed by atoms with Gasteiger partial charge in [0.1, 0.15) is 17.6 Å². The number of carbonyl (C=O) groups excluding carboxylic acids is 2. The van der Waals surface area contributed by atoms with E-state index in [1.54, 1.807) is 36.4 Å². The van der Waals surface area contributed by atoms with Gasteiger partial charge in [0, 0.05) is 12.1 Å². The van der Waals surface area contributed by atoms with Crippen LogP contribution in [0.1, 0.15) is 12.5 Å². The number of hydrogen-bond acceptors (Lipinski definition) is 4. The largest absolute Gasteiger partial charge is 0.494 e.